The van der Waals surface area contributed by atoms with E-state index >= 15 is 0 Å². The van der Waals surface area contributed by atoms with Gasteiger partial charge in [0.15, 0.2) is 0 Å². The summed E-state index contributed by atoms with van der Waals surface area (Å²) in [5, 5.41) is 0.344. The van der Waals surface area contributed by atoms with E-state index in [1.165, 1.54) is 13.2 Å². The SMILES string of the molecule is COc1ccc(Cl)cc1S(=O)(=O)N[C@@H](CC(C)C)c1ccccc1. The van der Waals surface area contributed by atoms with Gasteiger partial charge in [0.25, 0.3) is 0 Å². The normalized spacial score (nSPS) is 13.0. The van der Waals surface area contributed by atoms with Crippen molar-refractivity contribution in [3.63, 3.8) is 0 Å². The Morgan fingerprint density at radius 2 is 1.79 bits per heavy atom. The van der Waals surface area contributed by atoms with Gasteiger partial charge in [0, 0.05) is 11.1 Å². The van der Waals surface area contributed by atoms with Crippen molar-refractivity contribution in [3.8, 4) is 5.75 Å². The van der Waals surface area contributed by atoms with Crippen LogP contribution in [0.15, 0.2) is 53.4 Å². The van der Waals surface area contributed by atoms with Crippen LogP contribution >= 0.6 is 11.6 Å². The Morgan fingerprint density at radius 1 is 1.12 bits per heavy atom. The van der Waals surface area contributed by atoms with Crippen LogP contribution in [0.3, 0.4) is 0 Å². The van der Waals surface area contributed by atoms with Crippen LogP contribution in [0.4, 0.5) is 0 Å². The average Bonchev–Trinajstić information content (AvgIpc) is 2.54. The molecule has 4 nitrogen and oxygen atoms in total. The maximum atomic E-state index is 12.9. The molecule has 0 radical (unpaired) electrons. The Hall–Kier alpha value is -1.56. The highest BCUT2D eigenvalue weighted by molar-refractivity contribution is 7.89. The van der Waals surface area contributed by atoms with E-state index in [0.717, 1.165) is 5.56 Å². The molecular formula is C18H22ClNO3S. The highest BCUT2D eigenvalue weighted by atomic mass is 35.5. The van der Waals surface area contributed by atoms with Crippen molar-refractivity contribution in [2.75, 3.05) is 7.11 Å². The lowest BCUT2D eigenvalue weighted by Crippen LogP contribution is -2.30. The summed E-state index contributed by atoms with van der Waals surface area (Å²) >= 11 is 5.97. The van der Waals surface area contributed by atoms with Gasteiger partial charge in [-0.3, -0.25) is 0 Å². The van der Waals surface area contributed by atoms with E-state index in [2.05, 4.69) is 18.6 Å². The second-order valence-electron chi connectivity index (χ2n) is 6.01. The summed E-state index contributed by atoms with van der Waals surface area (Å²) in [5.74, 6) is 0.599. The zero-order valence-electron chi connectivity index (χ0n) is 14.0. The predicted molar refractivity (Wildman–Crippen MR) is 97.0 cm³/mol. The lowest BCUT2D eigenvalue weighted by atomic mass is 9.98. The fourth-order valence-electron chi connectivity index (χ4n) is 2.52. The third-order valence-electron chi connectivity index (χ3n) is 3.62. The summed E-state index contributed by atoms with van der Waals surface area (Å²) in [5.41, 5.74) is 0.927. The molecule has 2 aromatic rings. The van der Waals surface area contributed by atoms with E-state index < -0.39 is 10.0 Å². The zero-order valence-corrected chi connectivity index (χ0v) is 15.6. The maximum absolute atomic E-state index is 12.9. The summed E-state index contributed by atoms with van der Waals surface area (Å²) in [7, 11) is -2.34. The number of rotatable bonds is 7. The number of ether oxygens (including phenoxy) is 1. The fraction of sp³-hybridized carbons (Fsp3) is 0.333. The molecule has 130 valence electrons. The molecule has 6 heteroatoms. The average molecular weight is 368 g/mol. The molecule has 1 atom stereocenters. The molecule has 24 heavy (non-hydrogen) atoms. The molecule has 1 N–H and O–H groups in total. The van der Waals surface area contributed by atoms with Crippen molar-refractivity contribution in [1.82, 2.24) is 4.72 Å². The lowest BCUT2D eigenvalue weighted by molar-refractivity contribution is 0.401. The van der Waals surface area contributed by atoms with E-state index in [1.807, 2.05) is 30.3 Å². The van der Waals surface area contributed by atoms with Crippen molar-refractivity contribution < 1.29 is 13.2 Å². The lowest BCUT2D eigenvalue weighted by Gasteiger charge is -2.22. The van der Waals surface area contributed by atoms with Crippen LogP contribution in [0.1, 0.15) is 31.9 Å². The van der Waals surface area contributed by atoms with Gasteiger partial charge in [-0.2, -0.15) is 0 Å². The van der Waals surface area contributed by atoms with Crippen LogP contribution in [0.25, 0.3) is 0 Å². The van der Waals surface area contributed by atoms with Crippen molar-refractivity contribution >= 4 is 21.6 Å². The number of sulfonamides is 1. The number of nitrogens with one attached hydrogen (secondary N) is 1. The Balaban J connectivity index is 2.39. The standard InChI is InChI=1S/C18H22ClNO3S/c1-13(2)11-16(14-7-5-4-6-8-14)20-24(21,22)18-12-15(19)9-10-17(18)23-3/h4-10,12-13,16,20H,11H2,1-3H3/t16-/m0/s1. The van der Waals surface area contributed by atoms with Crippen LogP contribution in [0.5, 0.6) is 5.75 Å². The minimum atomic E-state index is -3.78. The minimum absolute atomic E-state index is 0.0437. The fourth-order valence-corrected chi connectivity index (χ4v) is 4.19. The molecule has 2 rings (SSSR count). The molecule has 2 aromatic carbocycles. The number of hydrogen-bond donors (Lipinski definition) is 1. The van der Waals surface area contributed by atoms with Crippen molar-refractivity contribution in [3.05, 3.63) is 59.1 Å². The number of benzene rings is 2. The third-order valence-corrected chi connectivity index (χ3v) is 5.35. The van der Waals surface area contributed by atoms with Gasteiger partial charge >= 0.3 is 0 Å². The quantitative estimate of drug-likeness (QED) is 0.788. The first-order chi connectivity index (χ1) is 11.3. The Morgan fingerprint density at radius 3 is 2.38 bits per heavy atom. The van der Waals surface area contributed by atoms with Crippen LogP contribution in [0, 0.1) is 5.92 Å². The van der Waals surface area contributed by atoms with E-state index in [-0.39, 0.29) is 16.7 Å². The van der Waals surface area contributed by atoms with Crippen molar-refractivity contribution in [2.24, 2.45) is 5.92 Å². The first kappa shape index (κ1) is 18.8. The molecular weight excluding hydrogens is 346 g/mol. The summed E-state index contributed by atoms with van der Waals surface area (Å²) in [6.45, 7) is 4.12. The van der Waals surface area contributed by atoms with Gasteiger partial charge in [-0.25, -0.2) is 13.1 Å². The number of hydrogen-bond acceptors (Lipinski definition) is 3. The molecule has 0 aromatic heterocycles. The first-order valence-electron chi connectivity index (χ1n) is 7.74. The topological polar surface area (TPSA) is 55.4 Å². The van der Waals surface area contributed by atoms with E-state index in [0.29, 0.717) is 17.4 Å². The summed E-state index contributed by atoms with van der Waals surface area (Å²) in [6.07, 6.45) is 0.687. The molecule has 0 spiro atoms. The monoisotopic (exact) mass is 367 g/mol. The second-order valence-corrected chi connectivity index (χ2v) is 8.13. The summed E-state index contributed by atoms with van der Waals surface area (Å²) in [4.78, 5) is 0.0437. The smallest absolute Gasteiger partial charge is 0.244 e. The number of halogens is 1. The van der Waals surface area contributed by atoms with Crippen LogP contribution < -0.4 is 9.46 Å². The van der Waals surface area contributed by atoms with Gasteiger partial charge < -0.3 is 4.74 Å². The van der Waals surface area contributed by atoms with Gasteiger partial charge in [-0.15, -0.1) is 0 Å². The van der Waals surface area contributed by atoms with Crippen LogP contribution in [0.2, 0.25) is 5.02 Å². The molecule has 0 unspecified atom stereocenters. The van der Waals surface area contributed by atoms with Crippen LogP contribution in [-0.2, 0) is 10.0 Å². The molecule has 0 saturated carbocycles. The van der Waals surface area contributed by atoms with Gasteiger partial charge in [-0.1, -0.05) is 55.8 Å². The van der Waals surface area contributed by atoms with Gasteiger partial charge in [0.2, 0.25) is 10.0 Å². The molecule has 0 aliphatic carbocycles. The molecule has 0 fully saturated rings. The van der Waals surface area contributed by atoms with Crippen molar-refractivity contribution in [2.45, 2.75) is 31.2 Å². The highest BCUT2D eigenvalue weighted by Gasteiger charge is 2.25. The highest BCUT2D eigenvalue weighted by Crippen LogP contribution is 2.30. The number of methoxy groups -OCH3 is 1. The Bertz CT molecular complexity index is 776. The molecule has 0 heterocycles. The van der Waals surface area contributed by atoms with Gasteiger partial charge in [-0.05, 0) is 36.1 Å². The van der Waals surface area contributed by atoms with Crippen molar-refractivity contribution in [1.29, 1.82) is 0 Å². The molecule has 0 saturated heterocycles. The van der Waals surface area contributed by atoms with Gasteiger partial charge in [0.1, 0.15) is 10.6 Å². The Labute approximate surface area is 148 Å². The predicted octanol–water partition coefficient (Wildman–Crippen LogP) is 4.41. The summed E-state index contributed by atoms with van der Waals surface area (Å²) in [6, 6.07) is 13.8. The minimum Gasteiger partial charge on any atom is -0.495 e. The van der Waals surface area contributed by atoms with E-state index in [1.54, 1.807) is 12.1 Å². The molecule has 0 bridgehead atoms. The van der Waals surface area contributed by atoms with Gasteiger partial charge in [0.05, 0.1) is 7.11 Å². The van der Waals surface area contributed by atoms with E-state index in [4.69, 9.17) is 16.3 Å². The largest absolute Gasteiger partial charge is 0.495 e. The Kier molecular flexibility index (Phi) is 6.27. The third kappa shape index (κ3) is 4.72. The maximum Gasteiger partial charge on any atom is 0.244 e. The second kappa shape index (κ2) is 8.01. The first-order valence-corrected chi connectivity index (χ1v) is 9.60. The molecule has 0 aliphatic heterocycles. The molecule has 0 amide bonds. The van der Waals surface area contributed by atoms with Crippen LogP contribution in [-0.4, -0.2) is 15.5 Å². The summed E-state index contributed by atoms with van der Waals surface area (Å²) < 4.78 is 33.7. The van der Waals surface area contributed by atoms with E-state index in [9.17, 15) is 8.42 Å². The molecule has 0 aliphatic rings. The zero-order chi connectivity index (χ0) is 17.7.